The van der Waals surface area contributed by atoms with Crippen molar-refractivity contribution in [2.75, 3.05) is 14.2 Å². The van der Waals surface area contributed by atoms with Gasteiger partial charge in [-0.2, -0.15) is 22.5 Å². The Bertz CT molecular complexity index is 955. The van der Waals surface area contributed by atoms with Crippen LogP contribution >= 0.6 is 0 Å². The zero-order chi connectivity index (χ0) is 20.5. The maximum atomic E-state index is 12.8. The van der Waals surface area contributed by atoms with Crippen molar-refractivity contribution < 1.29 is 17.9 Å². The molecule has 2 N–H and O–H groups in total. The Morgan fingerprint density at radius 3 is 2.57 bits per heavy atom. The van der Waals surface area contributed by atoms with E-state index >= 15 is 0 Å². The highest BCUT2D eigenvalue weighted by Gasteiger charge is 2.41. The van der Waals surface area contributed by atoms with Crippen molar-refractivity contribution in [2.45, 2.75) is 32.0 Å². The third-order valence-electron chi connectivity index (χ3n) is 4.92. The third kappa shape index (κ3) is 4.18. The maximum Gasteiger partial charge on any atom is 0.280 e. The van der Waals surface area contributed by atoms with Gasteiger partial charge in [0.1, 0.15) is 11.8 Å². The number of carbonyl (C=O) groups is 1. The van der Waals surface area contributed by atoms with E-state index < -0.39 is 22.3 Å². The summed E-state index contributed by atoms with van der Waals surface area (Å²) in [6, 6.07) is 6.00. The van der Waals surface area contributed by atoms with Crippen LogP contribution in [0.25, 0.3) is 0 Å². The van der Waals surface area contributed by atoms with Crippen molar-refractivity contribution in [1.29, 1.82) is 0 Å². The first-order chi connectivity index (χ1) is 13.2. The summed E-state index contributed by atoms with van der Waals surface area (Å²) in [5.41, 5.74) is 2.40. The van der Waals surface area contributed by atoms with E-state index in [2.05, 4.69) is 15.1 Å². The largest absolute Gasteiger partial charge is 0.497 e. The van der Waals surface area contributed by atoms with Crippen LogP contribution in [-0.4, -0.2) is 48.6 Å². The van der Waals surface area contributed by atoms with E-state index in [1.165, 1.54) is 7.05 Å². The monoisotopic (exact) mass is 407 g/mol. The Morgan fingerprint density at radius 1 is 1.32 bits per heavy atom. The van der Waals surface area contributed by atoms with E-state index in [1.807, 2.05) is 31.2 Å². The number of likely N-dealkylation sites (N-methyl/N-ethyl adjacent to an activating group) is 1. The Balaban J connectivity index is 1.74. The summed E-state index contributed by atoms with van der Waals surface area (Å²) in [4.78, 5) is 12.8. The van der Waals surface area contributed by atoms with Crippen LogP contribution in [0.1, 0.15) is 29.3 Å². The van der Waals surface area contributed by atoms with Crippen LogP contribution < -0.4 is 14.8 Å². The van der Waals surface area contributed by atoms with Gasteiger partial charge in [0.25, 0.3) is 10.2 Å². The summed E-state index contributed by atoms with van der Waals surface area (Å²) < 4.78 is 35.5. The molecule has 10 heteroatoms. The predicted molar refractivity (Wildman–Crippen MR) is 104 cm³/mol. The van der Waals surface area contributed by atoms with E-state index in [0.717, 1.165) is 26.9 Å². The Kier molecular flexibility index (Phi) is 5.73. The molecule has 152 valence electrons. The molecule has 3 rings (SSSR count). The zero-order valence-corrected chi connectivity index (χ0v) is 17.2. The number of rotatable bonds is 5. The fraction of sp³-hybridized carbons (Fsp3) is 0.444. The molecule has 9 nitrogen and oxygen atoms in total. The maximum absolute atomic E-state index is 12.8. The highest BCUT2D eigenvalue weighted by molar-refractivity contribution is 7.87. The molecule has 1 saturated heterocycles. The van der Waals surface area contributed by atoms with Crippen LogP contribution in [0.15, 0.2) is 30.5 Å². The number of methoxy groups -OCH3 is 1. The molecule has 0 bridgehead atoms. The second-order valence-corrected chi connectivity index (χ2v) is 8.61. The summed E-state index contributed by atoms with van der Waals surface area (Å²) in [5.74, 6) is 0.392. The summed E-state index contributed by atoms with van der Waals surface area (Å²) in [6.07, 6.45) is 2.09. The first-order valence-electron chi connectivity index (χ1n) is 8.87. The van der Waals surface area contributed by atoms with Crippen LogP contribution in [-0.2, 0) is 28.6 Å². The number of aromatic nitrogens is 2. The van der Waals surface area contributed by atoms with Gasteiger partial charge < -0.3 is 10.1 Å². The summed E-state index contributed by atoms with van der Waals surface area (Å²) in [6.45, 7) is 2.12. The van der Waals surface area contributed by atoms with Gasteiger partial charge in [-0.15, -0.1) is 0 Å². The molecule has 0 aliphatic carbocycles. The van der Waals surface area contributed by atoms with Crippen LogP contribution in [0.4, 0.5) is 0 Å². The zero-order valence-electron chi connectivity index (χ0n) is 16.3. The number of ether oxygens (including phenoxy) is 1. The average Bonchev–Trinajstić information content (AvgIpc) is 3.00. The van der Waals surface area contributed by atoms with Crippen LogP contribution in [0.2, 0.25) is 0 Å². The molecule has 1 amide bonds. The van der Waals surface area contributed by atoms with E-state index in [4.69, 9.17) is 4.74 Å². The minimum absolute atomic E-state index is 0.303. The normalized spacial score (nSPS) is 22.0. The lowest BCUT2D eigenvalue weighted by Gasteiger charge is -2.36. The van der Waals surface area contributed by atoms with E-state index in [0.29, 0.717) is 13.0 Å². The van der Waals surface area contributed by atoms with Gasteiger partial charge in [0.2, 0.25) is 5.91 Å². The molecule has 2 aromatic rings. The SMILES string of the molecule is COc1ccc(CNC(=O)[C@@H]2C[C@@H](c3cn(C)nc3C)NS(=O)(=O)N2C)cc1. The van der Waals surface area contributed by atoms with Gasteiger partial charge in [-0.25, -0.2) is 0 Å². The lowest BCUT2D eigenvalue weighted by molar-refractivity contribution is -0.125. The van der Waals surface area contributed by atoms with Crippen molar-refractivity contribution in [3.8, 4) is 5.75 Å². The number of nitrogens with one attached hydrogen (secondary N) is 2. The summed E-state index contributed by atoms with van der Waals surface area (Å²) >= 11 is 0. The smallest absolute Gasteiger partial charge is 0.280 e. The van der Waals surface area contributed by atoms with E-state index in [9.17, 15) is 13.2 Å². The van der Waals surface area contributed by atoms with Crippen LogP contribution in [0.3, 0.4) is 0 Å². The Morgan fingerprint density at radius 2 is 2.00 bits per heavy atom. The quantitative estimate of drug-likeness (QED) is 0.756. The topological polar surface area (TPSA) is 106 Å². The number of aryl methyl sites for hydroxylation is 2. The molecular weight excluding hydrogens is 382 g/mol. The minimum Gasteiger partial charge on any atom is -0.497 e. The molecule has 0 saturated carbocycles. The molecule has 0 radical (unpaired) electrons. The van der Waals surface area contributed by atoms with Crippen LogP contribution in [0, 0.1) is 6.92 Å². The second kappa shape index (κ2) is 7.90. The third-order valence-corrected chi connectivity index (χ3v) is 6.52. The summed E-state index contributed by atoms with van der Waals surface area (Å²) in [7, 11) is 0.990. The average molecular weight is 407 g/mol. The lowest BCUT2D eigenvalue weighted by Crippen LogP contribution is -2.57. The number of hydrogen-bond acceptors (Lipinski definition) is 5. The highest BCUT2D eigenvalue weighted by atomic mass is 32.2. The van der Waals surface area contributed by atoms with Gasteiger partial charge >= 0.3 is 0 Å². The van der Waals surface area contributed by atoms with Gasteiger partial charge in [0, 0.05) is 32.4 Å². The van der Waals surface area contributed by atoms with Crippen molar-refractivity contribution >= 4 is 16.1 Å². The molecule has 0 spiro atoms. The molecule has 28 heavy (non-hydrogen) atoms. The van der Waals surface area contributed by atoms with Crippen molar-refractivity contribution in [3.05, 3.63) is 47.3 Å². The fourth-order valence-corrected chi connectivity index (χ4v) is 4.59. The molecule has 0 unspecified atom stereocenters. The van der Waals surface area contributed by atoms with E-state index in [-0.39, 0.29) is 5.91 Å². The Labute approximate surface area is 164 Å². The summed E-state index contributed by atoms with van der Waals surface area (Å²) in [5, 5.41) is 7.10. The first kappa shape index (κ1) is 20.3. The molecular formula is C18H25N5O4S. The molecule has 1 aliphatic heterocycles. The Hall–Kier alpha value is -2.43. The molecule has 1 aromatic heterocycles. The number of benzene rings is 1. The number of amides is 1. The van der Waals surface area contributed by atoms with Gasteiger partial charge in [-0.3, -0.25) is 9.48 Å². The predicted octanol–water partition coefficient (Wildman–Crippen LogP) is 0.633. The number of nitrogens with zero attached hydrogens (tertiary/aromatic N) is 3. The van der Waals surface area contributed by atoms with Gasteiger partial charge in [0.15, 0.2) is 0 Å². The van der Waals surface area contributed by atoms with Crippen molar-refractivity contribution in [2.24, 2.45) is 7.05 Å². The van der Waals surface area contributed by atoms with Crippen molar-refractivity contribution in [3.63, 3.8) is 0 Å². The molecule has 2 atom stereocenters. The fourth-order valence-electron chi connectivity index (χ4n) is 3.32. The molecule has 1 aromatic carbocycles. The first-order valence-corrected chi connectivity index (χ1v) is 10.3. The highest BCUT2D eigenvalue weighted by Crippen LogP contribution is 2.29. The van der Waals surface area contributed by atoms with Gasteiger partial charge in [-0.05, 0) is 31.0 Å². The lowest BCUT2D eigenvalue weighted by atomic mass is 10.00. The second-order valence-electron chi connectivity index (χ2n) is 6.85. The van der Waals surface area contributed by atoms with E-state index in [1.54, 1.807) is 25.0 Å². The minimum atomic E-state index is -3.78. The van der Waals surface area contributed by atoms with Crippen LogP contribution in [0.5, 0.6) is 5.75 Å². The number of carbonyl (C=O) groups excluding carboxylic acids is 1. The van der Waals surface area contributed by atoms with Gasteiger partial charge in [-0.1, -0.05) is 12.1 Å². The standard InChI is InChI=1S/C18H25N5O4S/c1-12-15(11-22(2)20-12)16-9-17(23(3)28(25,26)21-16)18(24)19-10-13-5-7-14(27-4)8-6-13/h5-8,11,16-17,21H,9-10H2,1-4H3,(H,19,24)/t16-,17-/m0/s1. The number of hydrogen-bond donors (Lipinski definition) is 2. The van der Waals surface area contributed by atoms with Crippen molar-refractivity contribution in [1.82, 2.24) is 24.1 Å². The molecule has 2 heterocycles. The molecule has 1 aliphatic rings. The molecule has 1 fully saturated rings. The van der Waals surface area contributed by atoms with Gasteiger partial charge in [0.05, 0.1) is 18.8 Å².